The Morgan fingerprint density at radius 1 is 1.08 bits per heavy atom. The third-order valence-corrected chi connectivity index (χ3v) is 7.36. The van der Waals surface area contributed by atoms with E-state index in [-0.39, 0.29) is 31.4 Å². The van der Waals surface area contributed by atoms with E-state index in [0.29, 0.717) is 13.0 Å². The van der Waals surface area contributed by atoms with Crippen molar-refractivity contribution in [3.63, 3.8) is 0 Å². The molecule has 2 heterocycles. The van der Waals surface area contributed by atoms with E-state index in [0.717, 1.165) is 27.5 Å². The van der Waals surface area contributed by atoms with Gasteiger partial charge in [-0.1, -0.05) is 78.2 Å². The zero-order valence-electron chi connectivity index (χ0n) is 21.6. The van der Waals surface area contributed by atoms with E-state index in [9.17, 15) is 14.4 Å². The molecule has 194 valence electrons. The maximum absolute atomic E-state index is 14.0. The molecular formula is C30H31N5O3. The maximum atomic E-state index is 14.0. The van der Waals surface area contributed by atoms with Crippen LogP contribution in [0.5, 0.6) is 0 Å². The van der Waals surface area contributed by atoms with Gasteiger partial charge in [0.25, 0.3) is 0 Å². The molecule has 5 rings (SSSR count). The number of carbonyl (C=O) groups excluding carboxylic acids is 3. The predicted molar refractivity (Wildman–Crippen MR) is 145 cm³/mol. The number of urea groups is 1. The molecule has 0 spiro atoms. The number of piperazine rings is 1. The maximum Gasteiger partial charge on any atom is 0.332 e. The minimum absolute atomic E-state index is 0.0111. The van der Waals surface area contributed by atoms with Crippen LogP contribution in [0.4, 0.5) is 4.79 Å². The van der Waals surface area contributed by atoms with Crippen LogP contribution in [0.3, 0.4) is 0 Å². The summed E-state index contributed by atoms with van der Waals surface area (Å²) in [5, 5.41) is 7.88. The molecule has 4 amide bonds. The Morgan fingerprint density at radius 2 is 1.82 bits per heavy atom. The van der Waals surface area contributed by atoms with Gasteiger partial charge in [-0.05, 0) is 28.8 Å². The normalized spacial score (nSPS) is 19.4. The number of aryl methyl sites for hydroxylation is 1. The van der Waals surface area contributed by atoms with Crippen molar-refractivity contribution in [2.75, 3.05) is 26.7 Å². The van der Waals surface area contributed by atoms with Gasteiger partial charge in [0.05, 0.1) is 19.6 Å². The number of fused-ring (bicyclic) bond motifs is 2. The topological polar surface area (TPSA) is 76.2 Å². The quantitative estimate of drug-likeness (QED) is 0.519. The summed E-state index contributed by atoms with van der Waals surface area (Å²) >= 11 is 0. The number of hydrazine groups is 1. The van der Waals surface area contributed by atoms with Crippen molar-refractivity contribution >= 4 is 28.6 Å². The molecule has 1 N–H and O–H groups in total. The molecule has 38 heavy (non-hydrogen) atoms. The number of benzene rings is 3. The molecule has 0 aromatic heterocycles. The fourth-order valence-electron chi connectivity index (χ4n) is 5.47. The number of nitrogens with one attached hydrogen (secondary N) is 1. The number of rotatable bonds is 6. The second kappa shape index (κ2) is 10.6. The van der Waals surface area contributed by atoms with Gasteiger partial charge in [-0.25, -0.2) is 9.80 Å². The minimum atomic E-state index is -0.693. The van der Waals surface area contributed by atoms with E-state index in [1.165, 1.54) is 12.1 Å². The van der Waals surface area contributed by atoms with E-state index >= 15 is 0 Å². The molecule has 0 aliphatic carbocycles. The summed E-state index contributed by atoms with van der Waals surface area (Å²) in [7, 11) is 1.53. The number of carbonyl (C=O) groups is 3. The van der Waals surface area contributed by atoms with Gasteiger partial charge < -0.3 is 15.1 Å². The van der Waals surface area contributed by atoms with Crippen molar-refractivity contribution in [2.24, 2.45) is 0 Å². The van der Waals surface area contributed by atoms with Crippen LogP contribution in [0.15, 0.2) is 66.7 Å². The molecule has 2 fully saturated rings. The summed E-state index contributed by atoms with van der Waals surface area (Å²) in [5.41, 5.74) is 3.12. The molecule has 2 saturated heterocycles. The lowest BCUT2D eigenvalue weighted by molar-refractivity contribution is -0.157. The van der Waals surface area contributed by atoms with Crippen LogP contribution in [0.2, 0.25) is 0 Å². The first-order valence-electron chi connectivity index (χ1n) is 12.7. The van der Waals surface area contributed by atoms with E-state index in [2.05, 4.69) is 29.4 Å². The molecule has 0 unspecified atom stereocenters. The van der Waals surface area contributed by atoms with Crippen molar-refractivity contribution in [2.45, 2.75) is 32.1 Å². The van der Waals surface area contributed by atoms with Gasteiger partial charge in [0.1, 0.15) is 12.2 Å². The lowest BCUT2D eigenvalue weighted by atomic mass is 9.98. The Balaban J connectivity index is 1.53. The van der Waals surface area contributed by atoms with Crippen LogP contribution in [0.1, 0.15) is 16.7 Å². The Hall–Kier alpha value is -4.35. The van der Waals surface area contributed by atoms with Gasteiger partial charge in [0, 0.05) is 20.0 Å². The second-order valence-electron chi connectivity index (χ2n) is 9.76. The molecule has 8 heteroatoms. The summed E-state index contributed by atoms with van der Waals surface area (Å²) in [6, 6.07) is 21.1. The molecule has 2 aliphatic heterocycles. The van der Waals surface area contributed by atoms with Crippen molar-refractivity contribution in [3.05, 3.63) is 83.4 Å². The van der Waals surface area contributed by atoms with Crippen LogP contribution >= 0.6 is 0 Å². The SMILES string of the molecule is C#CCN(C(=O)NC)N1CC(=O)N2[C@@H](Cc3ccc(C)cc3)C(=O)N(Cc3cccc4ccccc34)C[C@@H]21. The minimum Gasteiger partial charge on any atom is -0.340 e. The zero-order valence-corrected chi connectivity index (χ0v) is 21.6. The lowest BCUT2D eigenvalue weighted by Crippen LogP contribution is -2.66. The molecule has 0 radical (unpaired) electrons. The summed E-state index contributed by atoms with van der Waals surface area (Å²) in [6.45, 7) is 2.65. The summed E-state index contributed by atoms with van der Waals surface area (Å²) < 4.78 is 0. The van der Waals surface area contributed by atoms with Crippen LogP contribution in [-0.4, -0.2) is 76.6 Å². The lowest BCUT2D eigenvalue weighted by Gasteiger charge is -2.46. The van der Waals surface area contributed by atoms with E-state index < -0.39 is 18.2 Å². The smallest absolute Gasteiger partial charge is 0.332 e. The first-order chi connectivity index (χ1) is 18.4. The molecule has 2 aliphatic rings. The highest BCUT2D eigenvalue weighted by Crippen LogP contribution is 2.31. The van der Waals surface area contributed by atoms with Gasteiger partial charge in [0.2, 0.25) is 11.8 Å². The third-order valence-electron chi connectivity index (χ3n) is 7.36. The molecule has 3 aromatic rings. The average molecular weight is 510 g/mol. The highest BCUT2D eigenvalue weighted by atomic mass is 16.2. The van der Waals surface area contributed by atoms with Gasteiger partial charge >= 0.3 is 6.03 Å². The molecular weight excluding hydrogens is 478 g/mol. The summed E-state index contributed by atoms with van der Waals surface area (Å²) in [5.74, 6) is 2.22. The summed E-state index contributed by atoms with van der Waals surface area (Å²) in [6.07, 6.45) is 5.44. The highest BCUT2D eigenvalue weighted by Gasteiger charge is 2.52. The van der Waals surface area contributed by atoms with Gasteiger partial charge in [-0.2, -0.15) is 5.01 Å². The number of nitrogens with zero attached hydrogens (tertiary/aromatic N) is 4. The van der Waals surface area contributed by atoms with Crippen LogP contribution in [0, 0.1) is 19.3 Å². The highest BCUT2D eigenvalue weighted by molar-refractivity contribution is 5.92. The molecule has 8 nitrogen and oxygen atoms in total. The first kappa shape index (κ1) is 25.3. The number of hydrogen-bond acceptors (Lipinski definition) is 4. The van der Waals surface area contributed by atoms with Crippen LogP contribution < -0.4 is 5.32 Å². The van der Waals surface area contributed by atoms with E-state index in [1.807, 2.05) is 60.4 Å². The van der Waals surface area contributed by atoms with Gasteiger partial charge in [-0.15, -0.1) is 6.42 Å². The Kier molecular flexibility index (Phi) is 7.03. The van der Waals surface area contributed by atoms with Crippen molar-refractivity contribution in [1.82, 2.24) is 25.1 Å². The number of hydrogen-bond donors (Lipinski definition) is 1. The van der Waals surface area contributed by atoms with Crippen LogP contribution in [-0.2, 0) is 22.6 Å². The Bertz CT molecular complexity index is 1410. The fraction of sp³-hybridized carbons (Fsp3) is 0.300. The Morgan fingerprint density at radius 3 is 2.55 bits per heavy atom. The Labute approximate surface area is 222 Å². The molecule has 0 saturated carbocycles. The van der Waals surface area contributed by atoms with E-state index in [1.54, 1.807) is 9.91 Å². The molecule has 3 aromatic carbocycles. The average Bonchev–Trinajstić information content (AvgIpc) is 3.25. The van der Waals surface area contributed by atoms with Crippen molar-refractivity contribution in [3.8, 4) is 12.3 Å². The number of amides is 4. The van der Waals surface area contributed by atoms with Gasteiger partial charge in [-0.3, -0.25) is 9.59 Å². The first-order valence-corrected chi connectivity index (χ1v) is 12.7. The van der Waals surface area contributed by atoms with Crippen molar-refractivity contribution in [1.29, 1.82) is 0 Å². The molecule has 2 atom stereocenters. The second-order valence-corrected chi connectivity index (χ2v) is 9.76. The molecule has 0 bridgehead atoms. The monoisotopic (exact) mass is 509 g/mol. The zero-order chi connectivity index (χ0) is 26.8. The largest absolute Gasteiger partial charge is 0.340 e. The number of terminal acetylenes is 1. The standard InChI is InChI=1S/C30H31N5O3/c1-4-16-33(30(38)31-3)34-20-28(36)35-26(17-22-14-12-21(2)13-15-22)29(37)32(19-27(34)35)18-24-10-7-9-23-8-5-6-11-25(23)24/h1,5-15,26-27H,16-20H2,2-3H3,(H,31,38)/t26-,27+/m0/s1. The van der Waals surface area contributed by atoms with E-state index in [4.69, 9.17) is 6.42 Å². The predicted octanol–water partition coefficient (Wildman–Crippen LogP) is 2.76. The summed E-state index contributed by atoms with van der Waals surface area (Å²) in [4.78, 5) is 43.6. The van der Waals surface area contributed by atoms with Gasteiger partial charge in [0.15, 0.2) is 0 Å². The third kappa shape index (κ3) is 4.69. The van der Waals surface area contributed by atoms with Crippen LogP contribution in [0.25, 0.3) is 10.8 Å². The fourth-order valence-corrected chi connectivity index (χ4v) is 5.47. The van der Waals surface area contributed by atoms with Crippen molar-refractivity contribution < 1.29 is 14.4 Å².